The Balaban J connectivity index is 1.43. The summed E-state index contributed by atoms with van der Waals surface area (Å²) in [6.07, 6.45) is 0.669. The molecule has 8 heteroatoms. The van der Waals surface area contributed by atoms with Gasteiger partial charge in [0.05, 0.1) is 5.39 Å². The summed E-state index contributed by atoms with van der Waals surface area (Å²) in [5.74, 6) is 1.50. The van der Waals surface area contributed by atoms with E-state index < -0.39 is 6.09 Å². The number of piperazine rings is 1. The predicted molar refractivity (Wildman–Crippen MR) is 127 cm³/mol. The number of nitrogens with zero attached hydrogens (tertiary/aromatic N) is 4. The molecule has 4 aromatic rings. The molecule has 0 atom stereocenters. The highest BCUT2D eigenvalue weighted by atomic mass is 16.4. The number of carbonyl (C=O) groups is 1. The molecule has 1 aliphatic rings. The lowest BCUT2D eigenvalue weighted by Crippen LogP contribution is -2.49. The van der Waals surface area contributed by atoms with Crippen molar-refractivity contribution in [3.8, 4) is 22.5 Å². The molecule has 0 spiro atoms. The van der Waals surface area contributed by atoms with Gasteiger partial charge in [0.2, 0.25) is 5.71 Å². The highest BCUT2D eigenvalue weighted by molar-refractivity contribution is 6.05. The van der Waals surface area contributed by atoms with Crippen LogP contribution in [0.2, 0.25) is 0 Å². The molecule has 8 nitrogen and oxygen atoms in total. The Kier molecular flexibility index (Phi) is 5.91. The topological polar surface area (TPSA) is 94.7 Å². The van der Waals surface area contributed by atoms with Crippen LogP contribution in [0.3, 0.4) is 0 Å². The van der Waals surface area contributed by atoms with E-state index in [1.54, 1.807) is 0 Å². The zero-order chi connectivity index (χ0) is 22.6. The highest BCUT2D eigenvalue weighted by Crippen LogP contribution is 2.42. The highest BCUT2D eigenvalue weighted by Gasteiger charge is 2.23. The monoisotopic (exact) mass is 443 g/mol. The minimum atomic E-state index is -0.848. The zero-order valence-corrected chi connectivity index (χ0v) is 18.1. The van der Waals surface area contributed by atoms with Gasteiger partial charge in [-0.15, -0.1) is 0 Å². The van der Waals surface area contributed by atoms with E-state index in [0.717, 1.165) is 53.3 Å². The molecule has 0 radical (unpaired) electrons. The minimum absolute atomic E-state index is 0.535. The van der Waals surface area contributed by atoms with Gasteiger partial charge in [-0.25, -0.2) is 14.8 Å². The molecule has 2 aromatic heterocycles. The third-order valence-electron chi connectivity index (χ3n) is 5.95. The standard InChI is InChI=1S/C25H25N5O3/c31-25(32)30-15-13-29(14-16-30)12-11-26-23-21-20(18-7-3-1-4-8-18)22(19-9-5-2-6-10-19)33-24(21)28-17-27-23/h1-10,17H,11-16H2,(H,31,32)(H,26,27,28). The fourth-order valence-electron chi connectivity index (χ4n) is 4.24. The first-order valence-electron chi connectivity index (χ1n) is 11.0. The maximum atomic E-state index is 11.1. The fraction of sp³-hybridized carbons (Fsp3) is 0.240. The average molecular weight is 444 g/mol. The van der Waals surface area contributed by atoms with Gasteiger partial charge in [-0.2, -0.15) is 0 Å². The van der Waals surface area contributed by atoms with Crippen LogP contribution in [0.5, 0.6) is 0 Å². The summed E-state index contributed by atoms with van der Waals surface area (Å²) in [4.78, 5) is 23.8. The Labute approximate surface area is 191 Å². The first kappa shape index (κ1) is 21.0. The van der Waals surface area contributed by atoms with Crippen molar-refractivity contribution in [1.82, 2.24) is 19.8 Å². The normalized spacial score (nSPS) is 14.5. The molecule has 0 aliphatic carbocycles. The van der Waals surface area contributed by atoms with Crippen LogP contribution in [0.4, 0.5) is 10.6 Å². The quantitative estimate of drug-likeness (QED) is 0.460. The van der Waals surface area contributed by atoms with Crippen molar-refractivity contribution in [3.05, 3.63) is 67.0 Å². The third-order valence-corrected chi connectivity index (χ3v) is 5.95. The number of amides is 1. The summed E-state index contributed by atoms with van der Waals surface area (Å²) in [7, 11) is 0. The Morgan fingerprint density at radius 2 is 1.61 bits per heavy atom. The number of furan rings is 1. The second kappa shape index (κ2) is 9.30. The van der Waals surface area contributed by atoms with Crippen molar-refractivity contribution >= 4 is 23.0 Å². The summed E-state index contributed by atoms with van der Waals surface area (Å²) in [5, 5.41) is 13.4. The Hall–Kier alpha value is -3.91. The molecule has 1 aliphatic heterocycles. The van der Waals surface area contributed by atoms with Crippen LogP contribution in [-0.2, 0) is 0 Å². The molecule has 0 unspecified atom stereocenters. The molecule has 1 amide bonds. The molecular weight excluding hydrogens is 418 g/mol. The van der Waals surface area contributed by atoms with Gasteiger partial charge < -0.3 is 19.7 Å². The van der Waals surface area contributed by atoms with E-state index in [1.807, 2.05) is 48.5 Å². The SMILES string of the molecule is O=C(O)N1CCN(CCNc2ncnc3oc(-c4ccccc4)c(-c4ccccc4)c23)CC1. The molecule has 2 aromatic carbocycles. The number of nitrogens with one attached hydrogen (secondary N) is 1. The smallest absolute Gasteiger partial charge is 0.407 e. The van der Waals surface area contributed by atoms with E-state index in [2.05, 4.69) is 32.3 Å². The number of hydrogen-bond acceptors (Lipinski definition) is 6. The number of fused-ring (bicyclic) bond motifs is 1. The van der Waals surface area contributed by atoms with E-state index in [-0.39, 0.29) is 0 Å². The molecular formula is C25H25N5O3. The minimum Gasteiger partial charge on any atom is -0.465 e. The molecule has 33 heavy (non-hydrogen) atoms. The first-order chi connectivity index (χ1) is 16.2. The largest absolute Gasteiger partial charge is 0.465 e. The van der Waals surface area contributed by atoms with Crippen LogP contribution >= 0.6 is 0 Å². The fourth-order valence-corrected chi connectivity index (χ4v) is 4.24. The lowest BCUT2D eigenvalue weighted by atomic mass is 9.99. The van der Waals surface area contributed by atoms with E-state index in [0.29, 0.717) is 25.3 Å². The molecule has 0 saturated carbocycles. The van der Waals surface area contributed by atoms with Crippen LogP contribution in [0.15, 0.2) is 71.4 Å². The van der Waals surface area contributed by atoms with Gasteiger partial charge in [-0.3, -0.25) is 4.90 Å². The van der Waals surface area contributed by atoms with Crippen LogP contribution < -0.4 is 5.32 Å². The van der Waals surface area contributed by atoms with E-state index >= 15 is 0 Å². The molecule has 1 saturated heterocycles. The van der Waals surface area contributed by atoms with Crippen molar-refractivity contribution in [2.75, 3.05) is 44.6 Å². The Morgan fingerprint density at radius 1 is 0.939 bits per heavy atom. The van der Waals surface area contributed by atoms with Gasteiger partial charge in [0.15, 0.2) is 0 Å². The summed E-state index contributed by atoms with van der Waals surface area (Å²) in [5.41, 5.74) is 3.53. The molecule has 2 N–H and O–H groups in total. The second-order valence-corrected chi connectivity index (χ2v) is 7.98. The predicted octanol–water partition coefficient (Wildman–Crippen LogP) is 4.26. The summed E-state index contributed by atoms with van der Waals surface area (Å²) in [6.45, 7) is 4.00. The average Bonchev–Trinajstić information content (AvgIpc) is 3.26. The van der Waals surface area contributed by atoms with E-state index in [4.69, 9.17) is 9.52 Å². The number of aromatic nitrogens is 2. The van der Waals surface area contributed by atoms with Gasteiger partial charge >= 0.3 is 6.09 Å². The van der Waals surface area contributed by atoms with E-state index in [9.17, 15) is 4.79 Å². The van der Waals surface area contributed by atoms with Crippen molar-refractivity contribution in [2.24, 2.45) is 0 Å². The third kappa shape index (κ3) is 4.38. The van der Waals surface area contributed by atoms with E-state index in [1.165, 1.54) is 11.2 Å². The van der Waals surface area contributed by atoms with Crippen LogP contribution in [-0.4, -0.2) is 70.2 Å². The van der Waals surface area contributed by atoms with Crippen molar-refractivity contribution in [3.63, 3.8) is 0 Å². The van der Waals surface area contributed by atoms with Gasteiger partial charge in [0.25, 0.3) is 0 Å². The molecule has 5 rings (SSSR count). The Morgan fingerprint density at radius 3 is 2.27 bits per heavy atom. The summed E-state index contributed by atoms with van der Waals surface area (Å²) >= 11 is 0. The molecule has 1 fully saturated rings. The second-order valence-electron chi connectivity index (χ2n) is 7.98. The maximum absolute atomic E-state index is 11.1. The number of benzene rings is 2. The molecule has 168 valence electrons. The van der Waals surface area contributed by atoms with Gasteiger partial charge in [0, 0.05) is 50.4 Å². The van der Waals surface area contributed by atoms with Crippen LogP contribution in [0.1, 0.15) is 0 Å². The molecule has 0 bridgehead atoms. The van der Waals surface area contributed by atoms with Crippen molar-refractivity contribution in [1.29, 1.82) is 0 Å². The van der Waals surface area contributed by atoms with Gasteiger partial charge in [0.1, 0.15) is 17.9 Å². The first-order valence-corrected chi connectivity index (χ1v) is 11.0. The zero-order valence-electron chi connectivity index (χ0n) is 18.1. The Bertz CT molecular complexity index is 1240. The summed E-state index contributed by atoms with van der Waals surface area (Å²) < 4.78 is 6.25. The lowest BCUT2D eigenvalue weighted by molar-refractivity contribution is 0.107. The van der Waals surface area contributed by atoms with Crippen LogP contribution in [0, 0.1) is 0 Å². The van der Waals surface area contributed by atoms with Crippen molar-refractivity contribution < 1.29 is 14.3 Å². The van der Waals surface area contributed by atoms with Gasteiger partial charge in [-0.1, -0.05) is 60.7 Å². The number of anilines is 1. The molecule has 3 heterocycles. The summed E-state index contributed by atoms with van der Waals surface area (Å²) in [6, 6.07) is 20.2. The number of carboxylic acid groups (broad SMARTS) is 1. The van der Waals surface area contributed by atoms with Crippen molar-refractivity contribution in [2.45, 2.75) is 0 Å². The van der Waals surface area contributed by atoms with Gasteiger partial charge in [-0.05, 0) is 5.56 Å². The maximum Gasteiger partial charge on any atom is 0.407 e. The number of rotatable bonds is 6. The number of hydrogen-bond donors (Lipinski definition) is 2. The lowest BCUT2D eigenvalue weighted by Gasteiger charge is -2.33. The van der Waals surface area contributed by atoms with Crippen LogP contribution in [0.25, 0.3) is 33.6 Å².